The molecule has 2 N–H and O–H groups in total. The van der Waals surface area contributed by atoms with Crippen molar-refractivity contribution in [2.75, 3.05) is 0 Å². The number of furan rings is 1. The van der Waals surface area contributed by atoms with Gasteiger partial charge in [-0.3, -0.25) is 9.59 Å². The Balaban J connectivity index is 1.91. The zero-order valence-corrected chi connectivity index (χ0v) is 13.3. The van der Waals surface area contributed by atoms with E-state index < -0.39 is 17.8 Å². The topological polar surface area (TPSA) is 71.3 Å². The maximum absolute atomic E-state index is 13.3. The van der Waals surface area contributed by atoms with Crippen LogP contribution in [-0.2, 0) is 11.3 Å². The highest BCUT2D eigenvalue weighted by Gasteiger charge is 2.17. The van der Waals surface area contributed by atoms with E-state index in [1.165, 1.54) is 18.4 Å². The molecule has 0 bridgehead atoms. The second-order valence-electron chi connectivity index (χ2n) is 4.65. The molecule has 2 rings (SSSR count). The lowest BCUT2D eigenvalue weighted by molar-refractivity contribution is -0.122. The molecule has 1 heterocycles. The maximum atomic E-state index is 13.3. The molecule has 7 heteroatoms. The molecule has 22 heavy (non-hydrogen) atoms. The predicted molar refractivity (Wildman–Crippen MR) is 81.6 cm³/mol. The fraction of sp³-hybridized carbons (Fsp3) is 0.200. The van der Waals surface area contributed by atoms with Crippen molar-refractivity contribution in [3.05, 3.63) is 58.2 Å². The number of carbonyl (C=O) groups excluding carboxylic acids is 2. The van der Waals surface area contributed by atoms with Crippen LogP contribution >= 0.6 is 15.9 Å². The molecule has 1 aromatic carbocycles. The summed E-state index contributed by atoms with van der Waals surface area (Å²) in [7, 11) is 0. The largest absolute Gasteiger partial charge is 0.467 e. The second-order valence-corrected chi connectivity index (χ2v) is 5.57. The minimum atomic E-state index is -0.760. The quantitative estimate of drug-likeness (QED) is 0.851. The van der Waals surface area contributed by atoms with Crippen LogP contribution in [0.2, 0.25) is 0 Å². The first-order valence-corrected chi connectivity index (χ1v) is 7.32. The number of carbonyl (C=O) groups is 2. The van der Waals surface area contributed by atoms with E-state index in [0.29, 0.717) is 10.2 Å². The van der Waals surface area contributed by atoms with Gasteiger partial charge in [-0.25, -0.2) is 4.39 Å². The highest BCUT2D eigenvalue weighted by molar-refractivity contribution is 9.10. The highest BCUT2D eigenvalue weighted by atomic mass is 79.9. The third-order valence-corrected chi connectivity index (χ3v) is 3.34. The van der Waals surface area contributed by atoms with Gasteiger partial charge in [0.05, 0.1) is 12.8 Å². The molecule has 2 amide bonds. The van der Waals surface area contributed by atoms with Crippen molar-refractivity contribution in [2.24, 2.45) is 0 Å². The Bertz CT molecular complexity index is 653. The van der Waals surface area contributed by atoms with Crippen molar-refractivity contribution in [1.29, 1.82) is 0 Å². The summed E-state index contributed by atoms with van der Waals surface area (Å²) in [4.78, 5) is 23.9. The number of amides is 2. The summed E-state index contributed by atoms with van der Waals surface area (Å²) in [5.41, 5.74) is 0.137. The van der Waals surface area contributed by atoms with Crippen molar-refractivity contribution >= 4 is 27.7 Å². The first-order valence-electron chi connectivity index (χ1n) is 6.53. The van der Waals surface area contributed by atoms with Crippen molar-refractivity contribution in [3.63, 3.8) is 0 Å². The summed E-state index contributed by atoms with van der Waals surface area (Å²) >= 11 is 3.11. The molecule has 5 nitrogen and oxygen atoms in total. The van der Waals surface area contributed by atoms with E-state index in [4.69, 9.17) is 4.42 Å². The molecule has 1 atom stereocenters. The first-order chi connectivity index (χ1) is 10.5. The van der Waals surface area contributed by atoms with E-state index in [1.54, 1.807) is 19.1 Å². The molecule has 1 unspecified atom stereocenters. The Morgan fingerprint density at radius 1 is 1.36 bits per heavy atom. The average molecular weight is 369 g/mol. The Morgan fingerprint density at radius 2 is 2.14 bits per heavy atom. The number of nitrogens with one attached hydrogen (secondary N) is 2. The van der Waals surface area contributed by atoms with E-state index >= 15 is 0 Å². The van der Waals surface area contributed by atoms with E-state index in [0.717, 1.165) is 6.07 Å². The molecule has 0 saturated heterocycles. The van der Waals surface area contributed by atoms with Crippen LogP contribution in [-0.4, -0.2) is 17.9 Å². The third-order valence-electron chi connectivity index (χ3n) is 2.88. The lowest BCUT2D eigenvalue weighted by Crippen LogP contribution is -2.44. The van der Waals surface area contributed by atoms with Crippen LogP contribution in [0.5, 0.6) is 0 Å². The SMILES string of the molecule is CC(NC(=O)c1cc(F)cc(Br)c1)C(=O)NCc1ccco1. The van der Waals surface area contributed by atoms with Gasteiger partial charge >= 0.3 is 0 Å². The van der Waals surface area contributed by atoms with Gasteiger partial charge in [-0.05, 0) is 37.3 Å². The highest BCUT2D eigenvalue weighted by Crippen LogP contribution is 2.14. The monoisotopic (exact) mass is 368 g/mol. The summed E-state index contributed by atoms with van der Waals surface area (Å²) in [6.45, 7) is 1.78. The van der Waals surface area contributed by atoms with E-state index in [1.807, 2.05) is 0 Å². The Kier molecular flexibility index (Phi) is 5.32. The molecular formula is C15H14BrFN2O3. The van der Waals surface area contributed by atoms with Crippen LogP contribution in [0.15, 0.2) is 45.5 Å². The second kappa shape index (κ2) is 7.22. The first kappa shape index (κ1) is 16.2. The van der Waals surface area contributed by atoms with Gasteiger partial charge in [0.1, 0.15) is 17.6 Å². The molecule has 2 aromatic rings. The van der Waals surface area contributed by atoms with Gasteiger partial charge in [0.2, 0.25) is 5.91 Å². The molecule has 116 valence electrons. The van der Waals surface area contributed by atoms with Gasteiger partial charge in [-0.1, -0.05) is 15.9 Å². The normalized spacial score (nSPS) is 11.8. The van der Waals surface area contributed by atoms with E-state index in [2.05, 4.69) is 26.6 Å². The van der Waals surface area contributed by atoms with Crippen molar-refractivity contribution < 1.29 is 18.4 Å². The molecule has 0 aliphatic carbocycles. The standard InChI is InChI=1S/C15H14BrFN2O3/c1-9(14(20)18-8-13-3-2-4-22-13)19-15(21)10-5-11(16)7-12(17)6-10/h2-7,9H,8H2,1H3,(H,18,20)(H,19,21). The Morgan fingerprint density at radius 3 is 2.77 bits per heavy atom. The summed E-state index contributed by atoms with van der Waals surface area (Å²) < 4.78 is 18.8. The fourth-order valence-corrected chi connectivity index (χ4v) is 2.24. The zero-order chi connectivity index (χ0) is 16.1. The summed E-state index contributed by atoms with van der Waals surface area (Å²) in [6.07, 6.45) is 1.51. The number of benzene rings is 1. The van der Waals surface area contributed by atoms with Crippen LogP contribution in [0.4, 0.5) is 4.39 Å². The number of hydrogen-bond acceptors (Lipinski definition) is 3. The molecule has 0 radical (unpaired) electrons. The van der Waals surface area contributed by atoms with Crippen LogP contribution < -0.4 is 10.6 Å². The molecule has 1 aromatic heterocycles. The molecule has 0 fully saturated rings. The van der Waals surface area contributed by atoms with Gasteiger partial charge in [-0.2, -0.15) is 0 Å². The minimum Gasteiger partial charge on any atom is -0.467 e. The number of hydrogen-bond donors (Lipinski definition) is 2. The van der Waals surface area contributed by atoms with E-state index in [-0.39, 0.29) is 18.0 Å². The van der Waals surface area contributed by atoms with Gasteiger partial charge in [-0.15, -0.1) is 0 Å². The number of rotatable bonds is 5. The van der Waals surface area contributed by atoms with Gasteiger partial charge in [0, 0.05) is 10.0 Å². The number of halogens is 2. The molecule has 0 aliphatic rings. The van der Waals surface area contributed by atoms with Crippen molar-refractivity contribution in [2.45, 2.75) is 19.5 Å². The predicted octanol–water partition coefficient (Wildman–Crippen LogP) is 2.62. The minimum absolute atomic E-state index is 0.137. The maximum Gasteiger partial charge on any atom is 0.252 e. The molecular weight excluding hydrogens is 355 g/mol. The van der Waals surface area contributed by atoms with Crippen LogP contribution in [0.3, 0.4) is 0 Å². The Hall–Kier alpha value is -2.15. The zero-order valence-electron chi connectivity index (χ0n) is 11.7. The molecule has 0 saturated carbocycles. The lowest BCUT2D eigenvalue weighted by atomic mass is 10.2. The Labute approximate surface area is 135 Å². The van der Waals surface area contributed by atoms with Gasteiger partial charge < -0.3 is 15.1 Å². The smallest absolute Gasteiger partial charge is 0.252 e. The molecule has 0 aliphatic heterocycles. The van der Waals surface area contributed by atoms with Crippen LogP contribution in [0.1, 0.15) is 23.0 Å². The summed E-state index contributed by atoms with van der Waals surface area (Å²) in [6, 6.07) is 6.52. The molecule has 0 spiro atoms. The average Bonchev–Trinajstić information content (AvgIpc) is 2.96. The fourth-order valence-electron chi connectivity index (χ4n) is 1.77. The lowest BCUT2D eigenvalue weighted by Gasteiger charge is -2.14. The van der Waals surface area contributed by atoms with Gasteiger partial charge in [0.25, 0.3) is 5.91 Å². The van der Waals surface area contributed by atoms with E-state index in [9.17, 15) is 14.0 Å². The van der Waals surface area contributed by atoms with Crippen LogP contribution in [0, 0.1) is 5.82 Å². The van der Waals surface area contributed by atoms with Crippen molar-refractivity contribution in [3.8, 4) is 0 Å². The third kappa shape index (κ3) is 4.42. The van der Waals surface area contributed by atoms with Crippen molar-refractivity contribution in [1.82, 2.24) is 10.6 Å². The van der Waals surface area contributed by atoms with Crippen LogP contribution in [0.25, 0.3) is 0 Å². The summed E-state index contributed by atoms with van der Waals surface area (Å²) in [5, 5.41) is 5.15. The summed E-state index contributed by atoms with van der Waals surface area (Å²) in [5.74, 6) is -0.809. The van der Waals surface area contributed by atoms with Gasteiger partial charge in [0.15, 0.2) is 0 Å².